The number of nitro groups is 1. The summed E-state index contributed by atoms with van der Waals surface area (Å²) in [5.74, 6) is -0.0982. The fraction of sp³-hybridized carbons (Fsp3) is 0.0952. The van der Waals surface area contributed by atoms with Crippen LogP contribution in [0.2, 0.25) is 0 Å². The van der Waals surface area contributed by atoms with Crippen LogP contribution < -0.4 is 20.2 Å². The lowest BCUT2D eigenvalue weighted by molar-refractivity contribution is -0.384. The molecule has 12 heteroatoms. The van der Waals surface area contributed by atoms with Crippen molar-refractivity contribution in [1.29, 1.82) is 0 Å². The van der Waals surface area contributed by atoms with Crippen LogP contribution in [0, 0.1) is 19.5 Å². The maximum Gasteiger partial charge on any atom is 0.313 e. The van der Waals surface area contributed by atoms with Gasteiger partial charge in [0.15, 0.2) is 18.1 Å². The SMILES string of the molecule is COc1cc(/C=N\Nc2ncccc2[N+](=O)[O-])cc(I)c1OCC(=O)Nc1ccc(F)cc1. The van der Waals surface area contributed by atoms with E-state index in [1.807, 2.05) is 22.6 Å². The molecule has 2 N–H and O–H groups in total. The monoisotopic (exact) mass is 565 g/mol. The Labute approximate surface area is 201 Å². The molecule has 0 radical (unpaired) electrons. The predicted molar refractivity (Wildman–Crippen MR) is 128 cm³/mol. The highest BCUT2D eigenvalue weighted by Crippen LogP contribution is 2.33. The molecule has 1 amide bonds. The number of rotatable bonds is 9. The minimum atomic E-state index is -0.560. The molecule has 0 saturated heterocycles. The van der Waals surface area contributed by atoms with E-state index in [2.05, 4.69) is 20.8 Å². The van der Waals surface area contributed by atoms with Crippen molar-refractivity contribution in [2.75, 3.05) is 24.5 Å². The number of ether oxygens (including phenoxy) is 2. The number of hydrogen-bond donors (Lipinski definition) is 2. The molecule has 1 aromatic heterocycles. The smallest absolute Gasteiger partial charge is 0.313 e. The summed E-state index contributed by atoms with van der Waals surface area (Å²) < 4.78 is 24.6. The first-order valence-electron chi connectivity index (χ1n) is 9.31. The van der Waals surface area contributed by atoms with Gasteiger partial charge in [-0.1, -0.05) is 0 Å². The standard InChI is InChI=1S/C21H17FIN5O5/c1-32-18-10-13(11-25-27-21-17(28(30)31)3-2-8-24-21)9-16(23)20(18)33-12-19(29)26-15-6-4-14(22)5-7-15/h2-11H,12H2,1H3,(H,24,27)(H,26,29)/b25-11-. The Balaban J connectivity index is 1.66. The summed E-state index contributed by atoms with van der Waals surface area (Å²) in [6.07, 6.45) is 2.85. The summed E-state index contributed by atoms with van der Waals surface area (Å²) >= 11 is 2.02. The van der Waals surface area contributed by atoms with Crippen LogP contribution in [0.3, 0.4) is 0 Å². The molecule has 3 rings (SSSR count). The fourth-order valence-electron chi connectivity index (χ4n) is 2.62. The van der Waals surface area contributed by atoms with Crippen LogP contribution in [-0.2, 0) is 4.79 Å². The minimum absolute atomic E-state index is 0.00697. The molecule has 0 spiro atoms. The molecule has 0 saturated carbocycles. The number of carbonyl (C=O) groups is 1. The Hall–Kier alpha value is -3.81. The molecule has 0 aliphatic rings. The highest BCUT2D eigenvalue weighted by atomic mass is 127. The maximum atomic E-state index is 13.0. The number of carbonyl (C=O) groups excluding carboxylic acids is 1. The molecule has 0 fully saturated rings. The summed E-state index contributed by atoms with van der Waals surface area (Å²) in [5.41, 5.74) is 3.40. The number of hydrazone groups is 1. The van der Waals surface area contributed by atoms with E-state index in [9.17, 15) is 19.3 Å². The first kappa shape index (κ1) is 23.8. The van der Waals surface area contributed by atoms with Crippen molar-refractivity contribution in [1.82, 2.24) is 4.98 Å². The third-order valence-corrected chi connectivity index (χ3v) is 4.90. The number of pyridine rings is 1. The van der Waals surface area contributed by atoms with E-state index in [1.54, 1.807) is 12.1 Å². The van der Waals surface area contributed by atoms with Crippen molar-refractivity contribution in [2.24, 2.45) is 5.10 Å². The number of hydrogen-bond acceptors (Lipinski definition) is 8. The average molecular weight is 565 g/mol. The Morgan fingerprint density at radius 2 is 2.06 bits per heavy atom. The Kier molecular flexibility index (Phi) is 8.07. The van der Waals surface area contributed by atoms with Gasteiger partial charge in [0.25, 0.3) is 5.91 Å². The molecule has 0 bridgehead atoms. The first-order valence-corrected chi connectivity index (χ1v) is 10.4. The van der Waals surface area contributed by atoms with E-state index in [4.69, 9.17) is 9.47 Å². The van der Waals surface area contributed by atoms with Crippen LogP contribution in [0.25, 0.3) is 0 Å². The summed E-state index contributed by atoms with van der Waals surface area (Å²) in [5, 5.41) is 17.6. The van der Waals surface area contributed by atoms with Crippen LogP contribution in [0.5, 0.6) is 11.5 Å². The quantitative estimate of drug-likeness (QED) is 0.172. The fourth-order valence-corrected chi connectivity index (χ4v) is 3.40. The van der Waals surface area contributed by atoms with E-state index in [1.165, 1.54) is 55.9 Å². The van der Waals surface area contributed by atoms with Crippen LogP contribution in [0.15, 0.2) is 59.8 Å². The van der Waals surface area contributed by atoms with Gasteiger partial charge in [0.1, 0.15) is 5.82 Å². The van der Waals surface area contributed by atoms with Crippen molar-refractivity contribution >= 4 is 51.9 Å². The Morgan fingerprint density at radius 3 is 2.76 bits per heavy atom. The third kappa shape index (κ3) is 6.58. The number of methoxy groups -OCH3 is 1. The first-order chi connectivity index (χ1) is 15.9. The number of benzene rings is 2. The van der Waals surface area contributed by atoms with Gasteiger partial charge in [0.2, 0.25) is 5.82 Å². The number of amides is 1. The topological polar surface area (TPSA) is 128 Å². The normalized spacial score (nSPS) is 10.6. The largest absolute Gasteiger partial charge is 0.493 e. The van der Waals surface area contributed by atoms with Crippen LogP contribution >= 0.6 is 22.6 Å². The zero-order valence-electron chi connectivity index (χ0n) is 17.1. The molecule has 2 aromatic carbocycles. The number of aromatic nitrogens is 1. The van der Waals surface area contributed by atoms with Gasteiger partial charge < -0.3 is 14.8 Å². The van der Waals surface area contributed by atoms with Gasteiger partial charge in [-0.2, -0.15) is 5.10 Å². The van der Waals surface area contributed by atoms with Crippen LogP contribution in [0.1, 0.15) is 5.56 Å². The van der Waals surface area contributed by atoms with Gasteiger partial charge in [0, 0.05) is 18.0 Å². The van der Waals surface area contributed by atoms with Gasteiger partial charge in [-0.05, 0) is 70.6 Å². The highest BCUT2D eigenvalue weighted by Gasteiger charge is 2.15. The predicted octanol–water partition coefficient (Wildman–Crippen LogP) is 4.21. The molecule has 10 nitrogen and oxygen atoms in total. The van der Waals surface area contributed by atoms with E-state index in [0.717, 1.165) is 0 Å². The van der Waals surface area contributed by atoms with Crippen LogP contribution in [-0.4, -0.2) is 35.7 Å². The van der Waals surface area contributed by atoms with Crippen LogP contribution in [0.4, 0.5) is 21.6 Å². The minimum Gasteiger partial charge on any atom is -0.493 e. The van der Waals surface area contributed by atoms with Gasteiger partial charge in [-0.25, -0.2) is 9.37 Å². The summed E-state index contributed by atoms with van der Waals surface area (Å²) in [4.78, 5) is 26.5. The second kappa shape index (κ2) is 11.2. The molecule has 33 heavy (non-hydrogen) atoms. The lowest BCUT2D eigenvalue weighted by Gasteiger charge is -2.13. The number of nitrogens with one attached hydrogen (secondary N) is 2. The second-order valence-electron chi connectivity index (χ2n) is 6.38. The molecule has 170 valence electrons. The van der Waals surface area contributed by atoms with Gasteiger partial charge >= 0.3 is 5.69 Å². The molecule has 3 aromatic rings. The summed E-state index contributed by atoms with van der Waals surface area (Å²) in [7, 11) is 1.45. The highest BCUT2D eigenvalue weighted by molar-refractivity contribution is 14.1. The van der Waals surface area contributed by atoms with Crippen molar-refractivity contribution < 1.29 is 23.6 Å². The number of anilines is 2. The number of halogens is 2. The lowest BCUT2D eigenvalue weighted by atomic mass is 10.2. The van der Waals surface area contributed by atoms with Crippen molar-refractivity contribution in [3.05, 3.63) is 79.8 Å². The van der Waals surface area contributed by atoms with E-state index >= 15 is 0 Å². The molecule has 0 aliphatic carbocycles. The molecular formula is C21H17FIN5O5. The molecule has 0 atom stereocenters. The zero-order valence-corrected chi connectivity index (χ0v) is 19.3. The summed E-state index contributed by atoms with van der Waals surface area (Å²) in [6.45, 7) is -0.290. The van der Waals surface area contributed by atoms with E-state index in [0.29, 0.717) is 26.3 Å². The maximum absolute atomic E-state index is 13.0. The van der Waals surface area contributed by atoms with E-state index in [-0.39, 0.29) is 18.1 Å². The van der Waals surface area contributed by atoms with Gasteiger partial charge in [-0.3, -0.25) is 20.3 Å². The van der Waals surface area contributed by atoms with Crippen molar-refractivity contribution in [3.8, 4) is 11.5 Å². The lowest BCUT2D eigenvalue weighted by Crippen LogP contribution is -2.20. The van der Waals surface area contributed by atoms with Crippen molar-refractivity contribution in [2.45, 2.75) is 0 Å². The average Bonchev–Trinajstić information content (AvgIpc) is 2.79. The molecule has 1 heterocycles. The van der Waals surface area contributed by atoms with Gasteiger partial charge in [-0.15, -0.1) is 0 Å². The zero-order chi connectivity index (χ0) is 23.8. The molecule has 0 aliphatic heterocycles. The van der Waals surface area contributed by atoms with E-state index < -0.39 is 16.6 Å². The Morgan fingerprint density at radius 1 is 1.30 bits per heavy atom. The van der Waals surface area contributed by atoms with Crippen molar-refractivity contribution in [3.63, 3.8) is 0 Å². The molecular weight excluding hydrogens is 548 g/mol. The third-order valence-electron chi connectivity index (χ3n) is 4.09. The summed E-state index contributed by atoms with van der Waals surface area (Å²) in [6, 6.07) is 11.5. The van der Waals surface area contributed by atoms with Gasteiger partial charge in [0.05, 0.1) is 21.8 Å². The second-order valence-corrected chi connectivity index (χ2v) is 7.54. The number of nitrogens with zero attached hydrogens (tertiary/aromatic N) is 3. The Bertz CT molecular complexity index is 1190. The molecule has 0 unspecified atom stereocenters.